The zero-order valence-electron chi connectivity index (χ0n) is 5.94. The summed E-state index contributed by atoms with van der Waals surface area (Å²) >= 11 is 4.59. The Bertz CT molecular complexity index is 268. The molecule has 1 rings (SSSR count). The van der Waals surface area contributed by atoms with Gasteiger partial charge in [0.15, 0.2) is 6.29 Å². The smallest absolute Gasteiger partial charge is 0.740 e. The molecule has 1 aromatic rings. The third-order valence-corrected chi connectivity index (χ3v) is 1.15. The van der Waals surface area contributed by atoms with E-state index in [-0.39, 0.29) is 46.1 Å². The van der Waals surface area contributed by atoms with Crippen molar-refractivity contribution in [1.82, 2.24) is 9.97 Å². The number of hydrogen-bond donors (Lipinski definition) is 1. The molecule has 0 aliphatic carbocycles. The number of carbonyl (C=O) groups is 1. The molecular weight excluding hydrogens is 173 g/mol. The van der Waals surface area contributed by atoms with Crippen molar-refractivity contribution < 1.29 is 34.4 Å². The van der Waals surface area contributed by atoms with Crippen LogP contribution >= 0.6 is 0 Å². The Labute approximate surface area is 91.3 Å². The average Bonchev–Trinajstić information content (AvgIpc) is 1.88. The maximum absolute atomic E-state index is 10.1. The Hall–Kier alpha value is -0.230. The minimum absolute atomic E-state index is 0. The molecule has 11 heavy (non-hydrogen) atoms. The van der Waals surface area contributed by atoms with Crippen molar-refractivity contribution in [2.24, 2.45) is 0 Å². The van der Waals surface area contributed by atoms with E-state index in [4.69, 9.17) is 5.73 Å². The molecule has 0 atom stereocenters. The van der Waals surface area contributed by atoms with Gasteiger partial charge in [0, 0.05) is 11.4 Å². The molecule has 1 heterocycles. The van der Waals surface area contributed by atoms with Crippen molar-refractivity contribution in [2.75, 3.05) is 5.73 Å². The van der Waals surface area contributed by atoms with E-state index in [1.807, 2.05) is 0 Å². The van der Waals surface area contributed by atoms with Gasteiger partial charge in [0.2, 0.25) is 0 Å². The molecule has 0 aliphatic rings. The SMILES string of the molecule is Nc1nc([S-])ncc1C=O.[Na+]. The van der Waals surface area contributed by atoms with Crippen LogP contribution in [0.25, 0.3) is 0 Å². The van der Waals surface area contributed by atoms with Gasteiger partial charge in [-0.05, 0) is 0 Å². The van der Waals surface area contributed by atoms with Crippen LogP contribution in [-0.2, 0) is 12.6 Å². The topological polar surface area (TPSA) is 68.9 Å². The third kappa shape index (κ3) is 2.70. The fraction of sp³-hybridized carbons (Fsp3) is 0. The van der Waals surface area contributed by atoms with E-state index in [9.17, 15) is 4.79 Å². The van der Waals surface area contributed by atoms with E-state index < -0.39 is 0 Å². The van der Waals surface area contributed by atoms with E-state index in [0.29, 0.717) is 6.29 Å². The molecule has 0 spiro atoms. The van der Waals surface area contributed by atoms with Gasteiger partial charge in [0.05, 0.1) is 5.56 Å². The van der Waals surface area contributed by atoms with E-state index in [0.717, 1.165) is 0 Å². The molecule has 0 amide bonds. The Morgan fingerprint density at radius 3 is 2.73 bits per heavy atom. The molecule has 0 bridgehead atoms. The summed E-state index contributed by atoms with van der Waals surface area (Å²) in [4.78, 5) is 17.3. The molecule has 1 aromatic heterocycles. The van der Waals surface area contributed by atoms with Gasteiger partial charge in [-0.3, -0.25) is 9.78 Å². The summed E-state index contributed by atoms with van der Waals surface area (Å²) in [5.74, 6) is 0.134. The summed E-state index contributed by atoms with van der Waals surface area (Å²) in [6.45, 7) is 0. The van der Waals surface area contributed by atoms with Crippen LogP contribution < -0.4 is 35.3 Å². The van der Waals surface area contributed by atoms with Crippen LogP contribution in [0.15, 0.2) is 11.4 Å². The van der Waals surface area contributed by atoms with Crippen LogP contribution in [0.4, 0.5) is 5.82 Å². The van der Waals surface area contributed by atoms with Crippen molar-refractivity contribution in [3.05, 3.63) is 11.8 Å². The molecule has 0 saturated carbocycles. The van der Waals surface area contributed by atoms with E-state index in [1.54, 1.807) is 0 Å². The third-order valence-electron chi connectivity index (χ3n) is 0.953. The van der Waals surface area contributed by atoms with Gasteiger partial charge in [0.1, 0.15) is 5.82 Å². The molecule has 0 saturated heterocycles. The Balaban J connectivity index is 0.000001000. The Morgan fingerprint density at radius 1 is 1.64 bits per heavy atom. The number of nitrogens with two attached hydrogens (primary N) is 1. The Kier molecular flexibility index (Phi) is 4.51. The summed E-state index contributed by atoms with van der Waals surface area (Å²) in [5, 5.41) is 0.156. The van der Waals surface area contributed by atoms with Crippen LogP contribution in [0.2, 0.25) is 0 Å². The number of nitrogens with zero attached hydrogens (tertiary/aromatic N) is 2. The first-order valence-corrected chi connectivity index (χ1v) is 2.89. The first kappa shape index (κ1) is 10.8. The van der Waals surface area contributed by atoms with Crippen LogP contribution in [-0.4, -0.2) is 16.3 Å². The predicted octanol–water partition coefficient (Wildman–Crippen LogP) is -3.22. The van der Waals surface area contributed by atoms with Crippen LogP contribution in [0, 0.1) is 0 Å². The molecule has 0 fully saturated rings. The van der Waals surface area contributed by atoms with Crippen molar-refractivity contribution >= 4 is 24.7 Å². The zero-order valence-corrected chi connectivity index (χ0v) is 8.76. The zero-order chi connectivity index (χ0) is 7.56. The minimum Gasteiger partial charge on any atom is -0.740 e. The molecule has 0 aliphatic heterocycles. The van der Waals surface area contributed by atoms with Gasteiger partial charge in [-0.2, -0.15) is 0 Å². The molecule has 2 N–H and O–H groups in total. The van der Waals surface area contributed by atoms with Gasteiger partial charge >= 0.3 is 29.6 Å². The van der Waals surface area contributed by atoms with Crippen LogP contribution in [0.5, 0.6) is 0 Å². The molecule has 0 aromatic carbocycles. The second-order valence-electron chi connectivity index (χ2n) is 1.61. The quantitative estimate of drug-likeness (QED) is 0.211. The average molecular weight is 177 g/mol. The number of rotatable bonds is 1. The van der Waals surface area contributed by atoms with Crippen molar-refractivity contribution in [1.29, 1.82) is 0 Å². The molecule has 0 unspecified atom stereocenters. The fourth-order valence-corrected chi connectivity index (χ4v) is 0.629. The minimum atomic E-state index is 0. The van der Waals surface area contributed by atoms with Gasteiger partial charge < -0.3 is 18.4 Å². The van der Waals surface area contributed by atoms with Crippen molar-refractivity contribution in [2.45, 2.75) is 5.16 Å². The maximum atomic E-state index is 10.1. The summed E-state index contributed by atoms with van der Waals surface area (Å²) in [5.41, 5.74) is 5.55. The van der Waals surface area contributed by atoms with E-state index in [1.165, 1.54) is 6.20 Å². The van der Waals surface area contributed by atoms with Crippen LogP contribution in [0.3, 0.4) is 0 Å². The second-order valence-corrected chi connectivity index (χ2v) is 1.98. The molecule has 6 heteroatoms. The van der Waals surface area contributed by atoms with Crippen LogP contribution in [0.1, 0.15) is 10.4 Å². The predicted molar refractivity (Wildman–Crippen MR) is 37.5 cm³/mol. The maximum Gasteiger partial charge on any atom is 1.00 e. The fourth-order valence-electron chi connectivity index (χ4n) is 0.478. The largest absolute Gasteiger partial charge is 1.00 e. The van der Waals surface area contributed by atoms with Gasteiger partial charge in [-0.25, -0.2) is 4.98 Å². The van der Waals surface area contributed by atoms with Crippen molar-refractivity contribution in [3.8, 4) is 0 Å². The number of anilines is 1. The number of aromatic nitrogens is 2. The van der Waals surface area contributed by atoms with Gasteiger partial charge in [0.25, 0.3) is 0 Å². The summed E-state index contributed by atoms with van der Waals surface area (Å²) in [6, 6.07) is 0. The summed E-state index contributed by atoms with van der Waals surface area (Å²) in [7, 11) is 0. The first-order valence-electron chi connectivity index (χ1n) is 2.48. The first-order chi connectivity index (χ1) is 4.74. The van der Waals surface area contributed by atoms with E-state index >= 15 is 0 Å². The van der Waals surface area contributed by atoms with E-state index in [2.05, 4.69) is 22.6 Å². The molecule has 4 nitrogen and oxygen atoms in total. The number of hydrogen-bond acceptors (Lipinski definition) is 5. The van der Waals surface area contributed by atoms with Crippen molar-refractivity contribution in [3.63, 3.8) is 0 Å². The molecule has 52 valence electrons. The van der Waals surface area contributed by atoms with Gasteiger partial charge in [-0.1, -0.05) is 0 Å². The molecular formula is C5H4N3NaOS. The summed E-state index contributed by atoms with van der Waals surface area (Å²) in [6.07, 6.45) is 1.89. The second kappa shape index (κ2) is 4.61. The number of nitrogen functional groups attached to an aromatic ring is 1. The molecule has 0 radical (unpaired) electrons. The monoisotopic (exact) mass is 177 g/mol. The standard InChI is InChI=1S/C5H5N3OS.Na/c6-4-3(2-9)1-7-5(10)8-4;/h1-2H,(H3,6,7,8,10);/q;+1/p-1. The normalized spacial score (nSPS) is 8.36. The van der Waals surface area contributed by atoms with Gasteiger partial charge in [-0.15, -0.1) is 0 Å². The number of carbonyl (C=O) groups excluding carboxylic acids is 1. The Morgan fingerprint density at radius 2 is 2.27 bits per heavy atom. The summed E-state index contributed by atoms with van der Waals surface area (Å²) < 4.78 is 0. The number of aldehydes is 1.